The summed E-state index contributed by atoms with van der Waals surface area (Å²) < 4.78 is 5.06. The number of rotatable bonds is 2. The zero-order chi connectivity index (χ0) is 11.4. The minimum atomic E-state index is -0.518. The van der Waals surface area contributed by atoms with Crippen LogP contribution >= 0.6 is 0 Å². The number of carbonyl (C=O) groups is 2. The highest BCUT2D eigenvalue weighted by Gasteiger charge is 2.18. The van der Waals surface area contributed by atoms with Crippen LogP contribution in [0.1, 0.15) is 27.7 Å². The molecule has 0 aliphatic heterocycles. The van der Waals surface area contributed by atoms with Crippen LogP contribution in [-0.2, 0) is 9.53 Å². The van der Waals surface area contributed by atoms with E-state index in [9.17, 15) is 9.59 Å². The van der Waals surface area contributed by atoms with Gasteiger partial charge in [-0.3, -0.25) is 9.69 Å². The molecule has 0 aliphatic carbocycles. The van der Waals surface area contributed by atoms with Crippen molar-refractivity contribution in [1.29, 1.82) is 0 Å². The van der Waals surface area contributed by atoms with E-state index in [1.54, 1.807) is 20.8 Å². The quantitative estimate of drug-likeness (QED) is 0.638. The Balaban J connectivity index is 4.20. The topological polar surface area (TPSA) is 46.6 Å². The van der Waals surface area contributed by atoms with Gasteiger partial charge in [0.1, 0.15) is 5.60 Å². The molecule has 0 fully saturated rings. The van der Waals surface area contributed by atoms with Crippen molar-refractivity contribution in [1.82, 2.24) is 4.90 Å². The minimum Gasteiger partial charge on any atom is -0.443 e. The van der Waals surface area contributed by atoms with Crippen LogP contribution in [0.25, 0.3) is 0 Å². The van der Waals surface area contributed by atoms with E-state index in [2.05, 4.69) is 0 Å². The minimum absolute atomic E-state index is 0.111. The normalized spacial score (nSPS) is 11.5. The van der Waals surface area contributed by atoms with Crippen molar-refractivity contribution in [3.8, 4) is 0 Å². The summed E-state index contributed by atoms with van der Waals surface area (Å²) in [6, 6.07) is 0. The first kappa shape index (κ1) is 12.7. The molecule has 0 rings (SSSR count). The summed E-state index contributed by atoms with van der Waals surface area (Å²) >= 11 is 0. The average Bonchev–Trinajstić information content (AvgIpc) is 1.96. The van der Waals surface area contributed by atoms with Gasteiger partial charge in [-0.15, -0.1) is 0 Å². The lowest BCUT2D eigenvalue weighted by Crippen LogP contribution is -2.31. The summed E-state index contributed by atoms with van der Waals surface area (Å²) in [6.45, 7) is 6.77. The fourth-order valence-electron chi connectivity index (χ4n) is 0.612. The maximum absolute atomic E-state index is 11.3. The van der Waals surface area contributed by atoms with Crippen LogP contribution in [0.2, 0.25) is 0 Å². The lowest BCUT2D eigenvalue weighted by atomic mass is 10.2. The predicted molar refractivity (Wildman–Crippen MR) is 53.8 cm³/mol. The standard InChI is InChI=1S/C10H17NO3/c1-8(12)6-7-11(5)9(13)14-10(2,3)4/h6-7H,1-5H3/b7-6-. The molecular weight excluding hydrogens is 182 g/mol. The van der Waals surface area contributed by atoms with Gasteiger partial charge >= 0.3 is 6.09 Å². The lowest BCUT2D eigenvalue weighted by molar-refractivity contribution is -0.112. The number of hydrogen-bond acceptors (Lipinski definition) is 3. The highest BCUT2D eigenvalue weighted by molar-refractivity contribution is 5.87. The molecule has 14 heavy (non-hydrogen) atoms. The van der Waals surface area contributed by atoms with Gasteiger partial charge < -0.3 is 4.74 Å². The van der Waals surface area contributed by atoms with Crippen LogP contribution < -0.4 is 0 Å². The molecule has 0 N–H and O–H groups in total. The molecule has 4 nitrogen and oxygen atoms in total. The van der Waals surface area contributed by atoms with E-state index in [4.69, 9.17) is 4.74 Å². The predicted octanol–water partition coefficient (Wildman–Crippen LogP) is 1.96. The van der Waals surface area contributed by atoms with Crippen molar-refractivity contribution < 1.29 is 14.3 Å². The fraction of sp³-hybridized carbons (Fsp3) is 0.600. The van der Waals surface area contributed by atoms with E-state index >= 15 is 0 Å². The van der Waals surface area contributed by atoms with E-state index in [0.717, 1.165) is 0 Å². The van der Waals surface area contributed by atoms with Crippen molar-refractivity contribution in [2.75, 3.05) is 7.05 Å². The molecule has 0 heterocycles. The zero-order valence-corrected chi connectivity index (χ0v) is 9.33. The molecule has 4 heteroatoms. The molecule has 0 spiro atoms. The summed E-state index contributed by atoms with van der Waals surface area (Å²) in [6.07, 6.45) is 2.22. The molecule has 0 radical (unpaired) electrons. The number of amides is 1. The Kier molecular flexibility index (Phi) is 4.34. The van der Waals surface area contributed by atoms with Crippen molar-refractivity contribution in [3.63, 3.8) is 0 Å². The monoisotopic (exact) mass is 199 g/mol. The van der Waals surface area contributed by atoms with Gasteiger partial charge in [0.05, 0.1) is 0 Å². The van der Waals surface area contributed by atoms with Gasteiger partial charge in [0, 0.05) is 13.2 Å². The molecule has 0 atom stereocenters. The first-order valence-corrected chi connectivity index (χ1v) is 4.37. The number of ketones is 1. The Morgan fingerprint density at radius 3 is 2.14 bits per heavy atom. The number of ether oxygens (including phenoxy) is 1. The van der Waals surface area contributed by atoms with E-state index in [1.165, 1.54) is 31.1 Å². The van der Waals surface area contributed by atoms with Crippen molar-refractivity contribution in [2.24, 2.45) is 0 Å². The smallest absolute Gasteiger partial charge is 0.414 e. The molecule has 0 aromatic heterocycles. The summed E-state index contributed by atoms with van der Waals surface area (Å²) in [7, 11) is 1.54. The summed E-state index contributed by atoms with van der Waals surface area (Å²) in [5, 5.41) is 0. The van der Waals surface area contributed by atoms with Gasteiger partial charge in [-0.05, 0) is 33.8 Å². The Bertz CT molecular complexity index is 251. The van der Waals surface area contributed by atoms with Crippen LogP contribution in [0.3, 0.4) is 0 Å². The van der Waals surface area contributed by atoms with Gasteiger partial charge in [-0.1, -0.05) is 0 Å². The summed E-state index contributed by atoms with van der Waals surface area (Å²) in [5.74, 6) is -0.111. The third kappa shape index (κ3) is 6.22. The van der Waals surface area contributed by atoms with Gasteiger partial charge in [0.25, 0.3) is 0 Å². The third-order valence-electron chi connectivity index (χ3n) is 1.21. The number of nitrogens with zero attached hydrogens (tertiary/aromatic N) is 1. The third-order valence-corrected chi connectivity index (χ3v) is 1.21. The first-order chi connectivity index (χ1) is 6.22. The molecule has 0 saturated heterocycles. The van der Waals surface area contributed by atoms with Crippen molar-refractivity contribution in [3.05, 3.63) is 12.3 Å². The molecule has 0 aliphatic rings. The SMILES string of the molecule is CC(=O)/C=C\N(C)C(=O)OC(C)(C)C. The second-order valence-corrected chi connectivity index (χ2v) is 4.02. The second-order valence-electron chi connectivity index (χ2n) is 4.02. The van der Waals surface area contributed by atoms with Gasteiger partial charge in [-0.2, -0.15) is 0 Å². The van der Waals surface area contributed by atoms with Crippen LogP contribution in [0.5, 0.6) is 0 Å². The maximum atomic E-state index is 11.3. The number of hydrogen-bond donors (Lipinski definition) is 0. The molecule has 1 amide bonds. The molecule has 0 aromatic carbocycles. The van der Waals surface area contributed by atoms with E-state index in [0.29, 0.717) is 0 Å². The highest BCUT2D eigenvalue weighted by atomic mass is 16.6. The summed E-state index contributed by atoms with van der Waals surface area (Å²) in [5.41, 5.74) is -0.518. The van der Waals surface area contributed by atoms with Crippen molar-refractivity contribution >= 4 is 11.9 Å². The molecule has 80 valence electrons. The Morgan fingerprint density at radius 1 is 1.29 bits per heavy atom. The molecular formula is C10H17NO3. The van der Waals surface area contributed by atoms with E-state index in [-0.39, 0.29) is 5.78 Å². The first-order valence-electron chi connectivity index (χ1n) is 4.37. The van der Waals surface area contributed by atoms with Crippen LogP contribution in [0.15, 0.2) is 12.3 Å². The fourth-order valence-corrected chi connectivity index (χ4v) is 0.612. The van der Waals surface area contributed by atoms with Crippen molar-refractivity contribution in [2.45, 2.75) is 33.3 Å². The van der Waals surface area contributed by atoms with Crippen LogP contribution in [-0.4, -0.2) is 29.4 Å². The largest absolute Gasteiger partial charge is 0.443 e. The number of allylic oxidation sites excluding steroid dienone is 1. The molecule has 0 saturated carbocycles. The van der Waals surface area contributed by atoms with Crippen LogP contribution in [0.4, 0.5) is 4.79 Å². The highest BCUT2D eigenvalue weighted by Crippen LogP contribution is 2.08. The molecule has 0 unspecified atom stereocenters. The zero-order valence-electron chi connectivity index (χ0n) is 9.33. The van der Waals surface area contributed by atoms with Gasteiger partial charge in [-0.25, -0.2) is 4.79 Å². The van der Waals surface area contributed by atoms with Gasteiger partial charge in [0.2, 0.25) is 0 Å². The van der Waals surface area contributed by atoms with Crippen LogP contribution in [0, 0.1) is 0 Å². The Labute approximate surface area is 84.5 Å². The molecule has 0 bridgehead atoms. The van der Waals surface area contributed by atoms with E-state index < -0.39 is 11.7 Å². The molecule has 0 aromatic rings. The number of carbonyl (C=O) groups excluding carboxylic acids is 2. The Morgan fingerprint density at radius 2 is 1.79 bits per heavy atom. The maximum Gasteiger partial charge on any atom is 0.414 e. The van der Waals surface area contributed by atoms with Gasteiger partial charge in [0.15, 0.2) is 5.78 Å². The lowest BCUT2D eigenvalue weighted by Gasteiger charge is -2.22. The average molecular weight is 199 g/mol. The second kappa shape index (κ2) is 4.79. The Hall–Kier alpha value is -1.32. The van der Waals surface area contributed by atoms with E-state index in [1.807, 2.05) is 0 Å². The summed E-state index contributed by atoms with van der Waals surface area (Å²) in [4.78, 5) is 23.1.